The molecule has 57 heavy (non-hydrogen) atoms. The second-order valence-corrected chi connectivity index (χ2v) is 19.2. The Labute approximate surface area is 343 Å². The lowest BCUT2D eigenvalue weighted by molar-refractivity contribution is -0.409. The first-order valence-electron chi connectivity index (χ1n) is 22.8. The maximum Gasteiger partial charge on any atom is 0.225 e. The molecule has 0 aromatic carbocycles. The molecule has 0 aromatic rings. The fourth-order valence-electron chi connectivity index (χ4n) is 11.0. The van der Waals surface area contributed by atoms with Crippen molar-refractivity contribution in [2.24, 2.45) is 41.4 Å². The lowest BCUT2D eigenvalue weighted by Crippen LogP contribution is -2.63. The zero-order valence-corrected chi connectivity index (χ0v) is 37.1. The molecular weight excluding hydrogens is 727 g/mol. The lowest BCUT2D eigenvalue weighted by atomic mass is 9.72. The zero-order valence-electron chi connectivity index (χ0n) is 37.1. The number of Topliss-reactive ketones (excluding diaryl/α,β-unsaturated/α-hetero) is 1. The fourth-order valence-corrected chi connectivity index (χ4v) is 11.0. The van der Waals surface area contributed by atoms with Crippen molar-refractivity contribution in [3.05, 3.63) is 12.2 Å². The van der Waals surface area contributed by atoms with Crippen molar-refractivity contribution in [1.29, 1.82) is 0 Å². The van der Waals surface area contributed by atoms with Gasteiger partial charge in [0, 0.05) is 36.6 Å². The quantitative estimate of drug-likeness (QED) is 0.100. The van der Waals surface area contributed by atoms with Gasteiger partial charge in [-0.05, 0) is 102 Å². The van der Waals surface area contributed by atoms with Crippen molar-refractivity contribution in [2.45, 2.75) is 219 Å². The smallest absolute Gasteiger partial charge is 0.225 e. The summed E-state index contributed by atoms with van der Waals surface area (Å²) in [6.07, 6.45) is 8.38. The first kappa shape index (κ1) is 46.6. The molecule has 5 heterocycles. The van der Waals surface area contributed by atoms with Crippen LogP contribution in [0.5, 0.6) is 0 Å². The highest BCUT2D eigenvalue weighted by molar-refractivity contribution is 5.84. The van der Waals surface area contributed by atoms with Crippen LogP contribution in [0.15, 0.2) is 12.2 Å². The minimum absolute atomic E-state index is 0.0298. The van der Waals surface area contributed by atoms with E-state index in [4.69, 9.17) is 23.7 Å². The highest BCUT2D eigenvalue weighted by Gasteiger charge is 2.63. The van der Waals surface area contributed by atoms with Gasteiger partial charge in [0.2, 0.25) is 11.7 Å². The van der Waals surface area contributed by atoms with Gasteiger partial charge in [-0.2, -0.15) is 0 Å². The molecule has 2 spiro atoms. The second-order valence-electron chi connectivity index (χ2n) is 19.2. The minimum Gasteiger partial charge on any atom is -0.392 e. The molecule has 0 aliphatic carbocycles. The van der Waals surface area contributed by atoms with Gasteiger partial charge < -0.3 is 44.3 Å². The number of carbonyl (C=O) groups excluding carboxylic acids is 2. The minimum atomic E-state index is -1.36. The third kappa shape index (κ3) is 9.26. The molecule has 11 nitrogen and oxygen atoms in total. The maximum absolute atomic E-state index is 14.6. The number of hydrogen-bond donors (Lipinski definition) is 4. The van der Waals surface area contributed by atoms with E-state index >= 15 is 0 Å². The number of unbranched alkanes of at least 4 members (excludes halogenated alkanes) is 1. The Balaban J connectivity index is 1.29. The van der Waals surface area contributed by atoms with Gasteiger partial charge in [-0.25, -0.2) is 0 Å². The Morgan fingerprint density at radius 3 is 2.23 bits per heavy atom. The van der Waals surface area contributed by atoms with Crippen LogP contribution in [0.2, 0.25) is 0 Å². The predicted octanol–water partition coefficient (Wildman–Crippen LogP) is 7.02. The molecule has 5 aliphatic heterocycles. The Morgan fingerprint density at radius 2 is 1.60 bits per heavy atom. The highest BCUT2D eigenvalue weighted by atomic mass is 16.8. The van der Waals surface area contributed by atoms with Crippen molar-refractivity contribution < 1.29 is 48.6 Å². The standard InChI is InChI=1S/C46H79NO10/c1-12-16-25-47-42(51)33(13-2)35-18-17-27(5)40(54-35)31(9)38(49)30(8)39(50)34(14-3)41-28(6)26-29(7)45(55-41)22-19-36(48)46(57-45)24-23-43(11,56-46)37-20-21-44(52,15-4)32(10)53-37/h19,22,27-38,40-41,48-49,52H,12-18,20-21,23-26H2,1-11H3,(H,47,51)/t27-,28-,29+,30-,31-,32-,33+,34-,35+,36+,37+,38+,40+,41-,43-,44+,45-,46-/m0/s1. The topological polar surface area (TPSA) is 153 Å². The molecule has 1 amide bonds. The number of ether oxygens (including phenoxy) is 5. The molecule has 0 radical (unpaired) electrons. The molecule has 328 valence electrons. The van der Waals surface area contributed by atoms with E-state index in [9.17, 15) is 24.9 Å². The van der Waals surface area contributed by atoms with Crippen molar-refractivity contribution >= 4 is 11.7 Å². The van der Waals surface area contributed by atoms with Crippen LogP contribution in [-0.4, -0.2) is 99.1 Å². The molecule has 0 saturated carbocycles. The molecule has 4 fully saturated rings. The van der Waals surface area contributed by atoms with Gasteiger partial charge >= 0.3 is 0 Å². The van der Waals surface area contributed by atoms with E-state index < -0.39 is 52.9 Å². The summed E-state index contributed by atoms with van der Waals surface area (Å²) in [6.45, 7) is 22.8. The largest absolute Gasteiger partial charge is 0.392 e. The van der Waals surface area contributed by atoms with Crippen LogP contribution in [0.1, 0.15) is 153 Å². The zero-order chi connectivity index (χ0) is 42.1. The number of rotatable bonds is 15. The van der Waals surface area contributed by atoms with E-state index in [-0.39, 0.29) is 65.7 Å². The molecular formula is C46H79NO10. The number of hydrogen-bond acceptors (Lipinski definition) is 10. The summed E-state index contributed by atoms with van der Waals surface area (Å²) in [5, 5.41) is 37.5. The van der Waals surface area contributed by atoms with Gasteiger partial charge in [-0.15, -0.1) is 0 Å². The van der Waals surface area contributed by atoms with E-state index in [1.807, 2.05) is 54.5 Å². The van der Waals surface area contributed by atoms with E-state index in [0.29, 0.717) is 51.5 Å². The number of carbonyl (C=O) groups is 2. The number of aliphatic hydroxyl groups excluding tert-OH is 2. The maximum atomic E-state index is 14.6. The van der Waals surface area contributed by atoms with E-state index in [0.717, 1.165) is 32.1 Å². The van der Waals surface area contributed by atoms with Crippen LogP contribution in [0.4, 0.5) is 0 Å². The van der Waals surface area contributed by atoms with Gasteiger partial charge in [0.25, 0.3) is 0 Å². The van der Waals surface area contributed by atoms with Crippen LogP contribution in [-0.2, 0) is 33.3 Å². The van der Waals surface area contributed by atoms with Gasteiger partial charge in [0.15, 0.2) is 5.79 Å². The Hall–Kier alpha value is -1.44. The third-order valence-corrected chi connectivity index (χ3v) is 15.3. The first-order valence-corrected chi connectivity index (χ1v) is 22.8. The highest BCUT2D eigenvalue weighted by Crippen LogP contribution is 2.54. The van der Waals surface area contributed by atoms with Crippen molar-refractivity contribution in [1.82, 2.24) is 5.32 Å². The van der Waals surface area contributed by atoms with Crippen molar-refractivity contribution in [3.8, 4) is 0 Å². The summed E-state index contributed by atoms with van der Waals surface area (Å²) in [7, 11) is 0. The van der Waals surface area contributed by atoms with E-state index in [1.54, 1.807) is 6.08 Å². The molecule has 4 saturated heterocycles. The van der Waals surface area contributed by atoms with Gasteiger partial charge in [-0.1, -0.05) is 68.7 Å². The molecule has 5 rings (SSSR count). The van der Waals surface area contributed by atoms with E-state index in [1.165, 1.54) is 0 Å². The fraction of sp³-hybridized carbons (Fsp3) is 0.913. The molecule has 18 atom stereocenters. The molecule has 0 bridgehead atoms. The summed E-state index contributed by atoms with van der Waals surface area (Å²) >= 11 is 0. The van der Waals surface area contributed by atoms with Gasteiger partial charge in [-0.3, -0.25) is 9.59 Å². The molecule has 0 aromatic heterocycles. The number of nitrogens with one attached hydrogen (secondary N) is 1. The Morgan fingerprint density at radius 1 is 0.895 bits per heavy atom. The van der Waals surface area contributed by atoms with E-state index in [2.05, 4.69) is 33.0 Å². The number of ketones is 1. The average Bonchev–Trinajstić information content (AvgIpc) is 3.53. The van der Waals surface area contributed by atoms with Crippen LogP contribution >= 0.6 is 0 Å². The summed E-state index contributed by atoms with van der Waals surface area (Å²) in [5.74, 6) is -4.26. The lowest BCUT2D eigenvalue weighted by Gasteiger charge is -2.54. The summed E-state index contributed by atoms with van der Waals surface area (Å²) in [4.78, 5) is 27.7. The number of aliphatic hydroxyl groups is 3. The summed E-state index contributed by atoms with van der Waals surface area (Å²) in [6, 6.07) is 0. The van der Waals surface area contributed by atoms with Gasteiger partial charge in [0.05, 0.1) is 53.7 Å². The second kappa shape index (κ2) is 18.7. The Bertz CT molecular complexity index is 1390. The normalized spacial score (nSPS) is 43.7. The van der Waals surface area contributed by atoms with Crippen LogP contribution in [0.3, 0.4) is 0 Å². The van der Waals surface area contributed by atoms with Crippen LogP contribution < -0.4 is 5.32 Å². The summed E-state index contributed by atoms with van der Waals surface area (Å²) in [5.41, 5.74) is -1.62. The molecule has 0 unspecified atom stereocenters. The number of amides is 1. The Kier molecular flexibility index (Phi) is 15.3. The van der Waals surface area contributed by atoms with Crippen LogP contribution in [0, 0.1) is 41.4 Å². The molecule has 4 N–H and O–H groups in total. The average molecular weight is 806 g/mol. The summed E-state index contributed by atoms with van der Waals surface area (Å²) < 4.78 is 33.9. The van der Waals surface area contributed by atoms with Crippen LogP contribution in [0.25, 0.3) is 0 Å². The monoisotopic (exact) mass is 806 g/mol. The first-order chi connectivity index (χ1) is 26.8. The predicted molar refractivity (Wildman–Crippen MR) is 219 cm³/mol. The molecule has 11 heteroatoms. The van der Waals surface area contributed by atoms with Crippen molar-refractivity contribution in [3.63, 3.8) is 0 Å². The molecule has 5 aliphatic rings. The van der Waals surface area contributed by atoms with Crippen molar-refractivity contribution in [2.75, 3.05) is 6.54 Å². The van der Waals surface area contributed by atoms with Gasteiger partial charge in [0.1, 0.15) is 11.9 Å². The third-order valence-electron chi connectivity index (χ3n) is 15.3. The SMILES string of the molecule is CCCCNC(=O)[C@H](CC)[C@H]1CC[C@H](C)[C@H]([C@@H](C)[C@H](O)[C@H](C)C(=O)[C@H](CC)[C@H]2O[C@]3(C=C[C@@H](O)[C@]4(CC[C@@](C)([C@H]5CC[C@](O)(CC)[C@H](C)O5)O4)O3)[C@H](C)C[C@@H]2C)O1.